The molecule has 10 heteroatoms. The lowest BCUT2D eigenvalue weighted by atomic mass is 9.93. The van der Waals surface area contributed by atoms with E-state index < -0.39 is 21.8 Å². The Kier molecular flexibility index (Phi) is 7.26. The fourth-order valence-electron chi connectivity index (χ4n) is 4.03. The second-order valence-corrected chi connectivity index (χ2v) is 10.9. The average molecular weight is 528 g/mol. The van der Waals surface area contributed by atoms with Crippen molar-refractivity contribution in [2.24, 2.45) is 0 Å². The molecule has 0 N–H and O–H groups in total. The summed E-state index contributed by atoms with van der Waals surface area (Å²) in [6.45, 7) is 5.11. The number of nitriles is 1. The number of hydrogen-bond donors (Lipinski definition) is 0. The summed E-state index contributed by atoms with van der Waals surface area (Å²) in [6.07, 6.45) is 4.71. The van der Waals surface area contributed by atoms with Crippen LogP contribution in [0, 0.1) is 11.3 Å². The number of para-hydroxylation sites is 1. The molecular weight excluding hydrogens is 502 g/mol. The molecule has 0 unspecified atom stereocenters. The highest BCUT2D eigenvalue weighted by molar-refractivity contribution is 7.89. The first kappa shape index (κ1) is 26.5. The molecule has 0 saturated heterocycles. The quantitative estimate of drug-likeness (QED) is 0.264. The second kappa shape index (κ2) is 10.4. The van der Waals surface area contributed by atoms with E-state index in [9.17, 15) is 23.3 Å². The maximum atomic E-state index is 13.3. The van der Waals surface area contributed by atoms with Crippen LogP contribution in [0.25, 0.3) is 23.0 Å². The number of hydrogen-bond acceptors (Lipinski definition) is 6. The van der Waals surface area contributed by atoms with E-state index in [1.54, 1.807) is 36.0 Å². The maximum Gasteiger partial charge on any atom is 0.271 e. The van der Waals surface area contributed by atoms with Gasteiger partial charge in [-0.2, -0.15) is 10.4 Å². The first-order chi connectivity index (χ1) is 18.1. The molecule has 4 rings (SSSR count). The number of imide groups is 1. The highest BCUT2D eigenvalue weighted by Crippen LogP contribution is 2.32. The molecule has 1 aliphatic heterocycles. The van der Waals surface area contributed by atoms with Crippen molar-refractivity contribution in [3.8, 4) is 23.0 Å². The zero-order valence-electron chi connectivity index (χ0n) is 21.1. The Morgan fingerprint density at radius 3 is 2.42 bits per heavy atom. The van der Waals surface area contributed by atoms with Gasteiger partial charge < -0.3 is 0 Å². The Hall–Kier alpha value is -4.59. The molecule has 2 aromatic carbocycles. The highest BCUT2D eigenvalue weighted by Gasteiger charge is 2.35. The van der Waals surface area contributed by atoms with Gasteiger partial charge in [0.1, 0.15) is 17.3 Å². The molecule has 0 atom stereocenters. The van der Waals surface area contributed by atoms with Crippen molar-refractivity contribution in [2.75, 3.05) is 20.6 Å². The van der Waals surface area contributed by atoms with Gasteiger partial charge in [0.2, 0.25) is 10.0 Å². The molecule has 38 heavy (non-hydrogen) atoms. The Bertz CT molecular complexity index is 1660. The molecule has 3 aromatic rings. The van der Waals surface area contributed by atoms with Gasteiger partial charge in [-0.3, -0.25) is 14.5 Å². The van der Waals surface area contributed by atoms with Crippen LogP contribution in [-0.2, 0) is 19.6 Å². The summed E-state index contributed by atoms with van der Waals surface area (Å²) in [5.41, 5.74) is 2.47. The van der Waals surface area contributed by atoms with Gasteiger partial charge in [-0.25, -0.2) is 17.4 Å². The van der Waals surface area contributed by atoms with E-state index in [0.29, 0.717) is 16.8 Å². The summed E-state index contributed by atoms with van der Waals surface area (Å²) in [7, 11) is -0.802. The Morgan fingerprint density at radius 2 is 1.79 bits per heavy atom. The van der Waals surface area contributed by atoms with Crippen molar-refractivity contribution in [3.63, 3.8) is 0 Å². The van der Waals surface area contributed by atoms with Crippen LogP contribution in [0.15, 0.2) is 95.1 Å². The summed E-state index contributed by atoms with van der Waals surface area (Å²) in [6, 6.07) is 17.6. The third-order valence-corrected chi connectivity index (χ3v) is 7.90. The van der Waals surface area contributed by atoms with Gasteiger partial charge in [0, 0.05) is 43.5 Å². The molecule has 1 aliphatic rings. The highest BCUT2D eigenvalue weighted by atomic mass is 32.2. The number of amides is 2. The van der Waals surface area contributed by atoms with Crippen LogP contribution in [-0.4, -0.2) is 59.9 Å². The Morgan fingerprint density at radius 1 is 1.08 bits per heavy atom. The van der Waals surface area contributed by atoms with Gasteiger partial charge in [-0.05, 0) is 42.8 Å². The summed E-state index contributed by atoms with van der Waals surface area (Å²) in [5.74, 6) is -1.23. The molecular formula is C28H25N5O4S. The summed E-state index contributed by atoms with van der Waals surface area (Å²) in [4.78, 5) is 27.1. The van der Waals surface area contributed by atoms with Crippen molar-refractivity contribution < 1.29 is 18.0 Å². The van der Waals surface area contributed by atoms with E-state index in [-0.39, 0.29) is 28.2 Å². The van der Waals surface area contributed by atoms with Crippen molar-refractivity contribution in [3.05, 3.63) is 95.7 Å². The maximum absolute atomic E-state index is 13.3. The SMILES string of the molecule is C=CCN1C(=O)C(C#N)=C(C)/C(=C\c2cn(-c3ccccc3)nc2-c2cccc(S(=O)(=O)N(C)C)c2)C1=O. The molecule has 0 bridgehead atoms. The van der Waals surface area contributed by atoms with Gasteiger partial charge in [0.05, 0.1) is 10.6 Å². The van der Waals surface area contributed by atoms with Crippen LogP contribution in [0.5, 0.6) is 0 Å². The van der Waals surface area contributed by atoms with Gasteiger partial charge >= 0.3 is 0 Å². The summed E-state index contributed by atoms with van der Waals surface area (Å²) >= 11 is 0. The number of benzene rings is 2. The van der Waals surface area contributed by atoms with E-state index in [4.69, 9.17) is 5.10 Å². The Labute approximate surface area is 221 Å². The van der Waals surface area contributed by atoms with E-state index in [1.807, 2.05) is 36.4 Å². The van der Waals surface area contributed by atoms with Crippen LogP contribution in [0.3, 0.4) is 0 Å². The number of rotatable bonds is 7. The first-order valence-corrected chi connectivity index (χ1v) is 13.0. The van der Waals surface area contributed by atoms with Crippen molar-refractivity contribution in [1.29, 1.82) is 5.26 Å². The average Bonchev–Trinajstić information content (AvgIpc) is 3.34. The zero-order chi connectivity index (χ0) is 27.6. The molecule has 2 amide bonds. The van der Waals surface area contributed by atoms with Gasteiger partial charge in [-0.15, -0.1) is 6.58 Å². The standard InChI is InChI=1S/C28H25N5O4S/c1-5-14-32-27(34)24(19(2)25(17-29)28(32)35)16-21-18-33(22-11-7-6-8-12-22)30-26(21)20-10-9-13-23(15-20)38(36,37)31(3)4/h5-13,15-16,18H,1,14H2,2-4H3/b24-16+. The normalized spacial score (nSPS) is 15.3. The predicted molar refractivity (Wildman–Crippen MR) is 143 cm³/mol. The topological polar surface area (TPSA) is 116 Å². The van der Waals surface area contributed by atoms with Gasteiger partial charge in [0.15, 0.2) is 0 Å². The summed E-state index contributed by atoms with van der Waals surface area (Å²) < 4.78 is 28.3. The number of carbonyl (C=O) groups excluding carboxylic acids is 2. The predicted octanol–water partition coefficient (Wildman–Crippen LogP) is 3.57. The number of carbonyl (C=O) groups is 2. The van der Waals surface area contributed by atoms with Gasteiger partial charge in [-0.1, -0.05) is 36.4 Å². The smallest absolute Gasteiger partial charge is 0.270 e. The van der Waals surface area contributed by atoms with E-state index in [2.05, 4.69) is 6.58 Å². The molecule has 1 aromatic heterocycles. The van der Waals surface area contributed by atoms with E-state index >= 15 is 0 Å². The van der Waals surface area contributed by atoms with E-state index in [0.717, 1.165) is 14.9 Å². The number of aromatic nitrogens is 2. The molecule has 0 spiro atoms. The van der Waals surface area contributed by atoms with Crippen LogP contribution < -0.4 is 0 Å². The van der Waals surface area contributed by atoms with E-state index in [1.165, 1.54) is 32.3 Å². The third kappa shape index (κ3) is 4.72. The van der Waals surface area contributed by atoms with Crippen LogP contribution >= 0.6 is 0 Å². The Balaban J connectivity index is 1.96. The number of sulfonamides is 1. The van der Waals surface area contributed by atoms with Crippen LogP contribution in [0.1, 0.15) is 12.5 Å². The molecule has 9 nitrogen and oxygen atoms in total. The lowest BCUT2D eigenvalue weighted by Crippen LogP contribution is -2.42. The van der Waals surface area contributed by atoms with Crippen LogP contribution in [0.2, 0.25) is 0 Å². The first-order valence-electron chi connectivity index (χ1n) is 11.6. The molecule has 0 saturated carbocycles. The molecule has 0 fully saturated rings. The van der Waals surface area contributed by atoms with Gasteiger partial charge in [0.25, 0.3) is 11.8 Å². The molecule has 2 heterocycles. The minimum atomic E-state index is -3.71. The molecule has 0 aliphatic carbocycles. The van der Waals surface area contributed by atoms with Crippen molar-refractivity contribution in [2.45, 2.75) is 11.8 Å². The van der Waals surface area contributed by atoms with Crippen molar-refractivity contribution in [1.82, 2.24) is 19.0 Å². The molecule has 0 radical (unpaired) electrons. The fourth-order valence-corrected chi connectivity index (χ4v) is 4.97. The monoisotopic (exact) mass is 527 g/mol. The third-order valence-electron chi connectivity index (χ3n) is 6.09. The lowest BCUT2D eigenvalue weighted by molar-refractivity contribution is -0.139. The lowest BCUT2D eigenvalue weighted by Gasteiger charge is -2.26. The minimum absolute atomic E-state index is 0.0476. The van der Waals surface area contributed by atoms with Crippen LogP contribution in [0.4, 0.5) is 0 Å². The van der Waals surface area contributed by atoms with Crippen molar-refractivity contribution >= 4 is 27.9 Å². The summed E-state index contributed by atoms with van der Waals surface area (Å²) in [5, 5.41) is 14.3. The minimum Gasteiger partial charge on any atom is -0.270 e. The largest absolute Gasteiger partial charge is 0.271 e. The second-order valence-electron chi connectivity index (χ2n) is 8.71. The zero-order valence-corrected chi connectivity index (χ0v) is 21.9. The number of nitrogens with zero attached hydrogens (tertiary/aromatic N) is 5. The fraction of sp³-hybridized carbons (Fsp3) is 0.143. The molecule has 192 valence electrons.